The summed E-state index contributed by atoms with van der Waals surface area (Å²) in [4.78, 5) is 15.5. The van der Waals surface area contributed by atoms with Gasteiger partial charge in [-0.05, 0) is 36.8 Å². The number of halogens is 1. The zero-order chi connectivity index (χ0) is 14.4. The van der Waals surface area contributed by atoms with Crippen molar-refractivity contribution in [2.75, 3.05) is 11.9 Å². The first-order valence-electron chi connectivity index (χ1n) is 6.35. The Balaban J connectivity index is 2.06. The van der Waals surface area contributed by atoms with Crippen LogP contribution >= 0.6 is 0 Å². The Labute approximate surface area is 116 Å². The van der Waals surface area contributed by atoms with Crippen molar-refractivity contribution in [1.29, 1.82) is 0 Å². The molecule has 1 heterocycles. The number of carbonyl (C=O) groups excluding carboxylic acids is 1. The molecule has 0 atom stereocenters. The van der Waals surface area contributed by atoms with E-state index in [1.54, 1.807) is 24.3 Å². The predicted octanol–water partition coefficient (Wildman–Crippen LogP) is 3.26. The van der Waals surface area contributed by atoms with Gasteiger partial charge in [-0.1, -0.05) is 13.0 Å². The van der Waals surface area contributed by atoms with Crippen LogP contribution in [0.5, 0.6) is 5.75 Å². The molecule has 1 aromatic carbocycles. The number of hydrogen-bond donors (Lipinski definition) is 1. The van der Waals surface area contributed by atoms with E-state index < -0.39 is 5.95 Å². The summed E-state index contributed by atoms with van der Waals surface area (Å²) in [5.41, 5.74) is 0.916. The molecule has 2 aromatic rings. The highest BCUT2D eigenvalue weighted by molar-refractivity contribution is 6.04. The molecule has 20 heavy (non-hydrogen) atoms. The lowest BCUT2D eigenvalue weighted by atomic mass is 10.2. The summed E-state index contributed by atoms with van der Waals surface area (Å²) in [6, 6.07) is 9.55. The largest absolute Gasteiger partial charge is 0.494 e. The molecule has 4 nitrogen and oxygen atoms in total. The van der Waals surface area contributed by atoms with E-state index in [-0.39, 0.29) is 5.91 Å². The predicted molar refractivity (Wildman–Crippen MR) is 74.4 cm³/mol. The van der Waals surface area contributed by atoms with Crippen molar-refractivity contribution >= 4 is 11.6 Å². The molecule has 1 amide bonds. The summed E-state index contributed by atoms with van der Waals surface area (Å²) in [6.45, 7) is 2.62. The number of nitrogens with one attached hydrogen (secondary N) is 1. The number of nitrogens with zero attached hydrogens (tertiary/aromatic N) is 1. The summed E-state index contributed by atoms with van der Waals surface area (Å²) in [6.07, 6.45) is 2.17. The van der Waals surface area contributed by atoms with Crippen LogP contribution in [-0.2, 0) is 0 Å². The first kappa shape index (κ1) is 14.0. The second-order valence-corrected chi connectivity index (χ2v) is 4.20. The number of pyridine rings is 1. The number of anilines is 1. The van der Waals surface area contributed by atoms with Crippen LogP contribution < -0.4 is 10.1 Å². The Bertz CT molecular complexity index is 585. The zero-order valence-corrected chi connectivity index (χ0v) is 11.1. The van der Waals surface area contributed by atoms with Gasteiger partial charge in [0.2, 0.25) is 5.95 Å². The normalized spacial score (nSPS) is 10.1. The average molecular weight is 274 g/mol. The minimum atomic E-state index is -0.585. The van der Waals surface area contributed by atoms with E-state index >= 15 is 0 Å². The molecule has 1 N–H and O–H groups in total. The number of carbonyl (C=O) groups is 1. The molecule has 0 fully saturated rings. The Morgan fingerprint density at radius 3 is 2.90 bits per heavy atom. The first-order valence-corrected chi connectivity index (χ1v) is 6.35. The van der Waals surface area contributed by atoms with Gasteiger partial charge >= 0.3 is 0 Å². The quantitative estimate of drug-likeness (QED) is 0.851. The van der Waals surface area contributed by atoms with Gasteiger partial charge < -0.3 is 10.1 Å². The minimum absolute atomic E-state index is 0.291. The molecular weight excluding hydrogens is 259 g/mol. The maximum Gasteiger partial charge on any atom is 0.255 e. The Morgan fingerprint density at radius 2 is 2.20 bits per heavy atom. The van der Waals surface area contributed by atoms with Crippen molar-refractivity contribution in [3.63, 3.8) is 0 Å². The summed E-state index contributed by atoms with van der Waals surface area (Å²) < 4.78 is 18.1. The molecule has 5 heteroatoms. The molecular formula is C15H15FN2O2. The van der Waals surface area contributed by atoms with Crippen LogP contribution in [0.4, 0.5) is 10.1 Å². The van der Waals surface area contributed by atoms with Gasteiger partial charge in [0.05, 0.1) is 18.5 Å². The van der Waals surface area contributed by atoms with Gasteiger partial charge in [0.1, 0.15) is 5.75 Å². The molecule has 0 aliphatic carbocycles. The lowest BCUT2D eigenvalue weighted by molar-refractivity contribution is 0.102. The third-order valence-corrected chi connectivity index (χ3v) is 2.55. The van der Waals surface area contributed by atoms with Crippen LogP contribution in [0.15, 0.2) is 42.6 Å². The highest BCUT2D eigenvalue weighted by Crippen LogP contribution is 2.15. The standard InChI is InChI=1S/C15H15FN2O2/c1-2-8-20-13-5-3-4-11(9-13)15(19)18-12-6-7-14(16)17-10-12/h3-7,9-10H,2,8H2,1H3,(H,18,19). The van der Waals surface area contributed by atoms with Gasteiger partial charge in [-0.15, -0.1) is 0 Å². The number of aromatic nitrogens is 1. The molecule has 0 bridgehead atoms. The topological polar surface area (TPSA) is 51.2 Å². The van der Waals surface area contributed by atoms with Gasteiger partial charge in [-0.25, -0.2) is 4.98 Å². The lowest BCUT2D eigenvalue weighted by Crippen LogP contribution is -2.12. The van der Waals surface area contributed by atoms with E-state index in [9.17, 15) is 9.18 Å². The van der Waals surface area contributed by atoms with E-state index in [0.29, 0.717) is 23.6 Å². The summed E-state index contributed by atoms with van der Waals surface area (Å²) in [5.74, 6) is -0.227. The van der Waals surface area contributed by atoms with Crippen LogP contribution in [-0.4, -0.2) is 17.5 Å². The molecule has 2 rings (SSSR count). The molecule has 0 aliphatic heterocycles. The maximum absolute atomic E-state index is 12.7. The lowest BCUT2D eigenvalue weighted by Gasteiger charge is -2.08. The van der Waals surface area contributed by atoms with Crippen molar-refractivity contribution in [1.82, 2.24) is 4.98 Å². The Hall–Kier alpha value is -2.43. The Kier molecular flexibility index (Phi) is 4.65. The maximum atomic E-state index is 12.7. The van der Waals surface area contributed by atoms with E-state index in [1.165, 1.54) is 18.3 Å². The van der Waals surface area contributed by atoms with Gasteiger partial charge in [-0.3, -0.25) is 4.79 Å². The van der Waals surface area contributed by atoms with Crippen LogP contribution in [0.2, 0.25) is 0 Å². The molecule has 0 saturated heterocycles. The second kappa shape index (κ2) is 6.65. The molecule has 104 valence electrons. The summed E-state index contributed by atoms with van der Waals surface area (Å²) >= 11 is 0. The van der Waals surface area contributed by atoms with Crippen molar-refractivity contribution < 1.29 is 13.9 Å². The SMILES string of the molecule is CCCOc1cccc(C(=O)Nc2ccc(F)nc2)c1. The molecule has 0 unspecified atom stereocenters. The average Bonchev–Trinajstić information content (AvgIpc) is 2.48. The van der Waals surface area contributed by atoms with Gasteiger partial charge in [0.15, 0.2) is 0 Å². The smallest absolute Gasteiger partial charge is 0.255 e. The van der Waals surface area contributed by atoms with Gasteiger partial charge in [0, 0.05) is 5.56 Å². The van der Waals surface area contributed by atoms with Crippen molar-refractivity contribution in [3.8, 4) is 5.75 Å². The Morgan fingerprint density at radius 1 is 1.35 bits per heavy atom. The van der Waals surface area contributed by atoms with Crippen LogP contribution in [0, 0.1) is 5.95 Å². The van der Waals surface area contributed by atoms with Gasteiger partial charge in [0.25, 0.3) is 5.91 Å². The third-order valence-electron chi connectivity index (χ3n) is 2.55. The third kappa shape index (κ3) is 3.78. The van der Waals surface area contributed by atoms with E-state index in [4.69, 9.17) is 4.74 Å². The zero-order valence-electron chi connectivity index (χ0n) is 11.1. The van der Waals surface area contributed by atoms with Crippen molar-refractivity contribution in [3.05, 3.63) is 54.1 Å². The van der Waals surface area contributed by atoms with Crippen molar-refractivity contribution in [2.24, 2.45) is 0 Å². The van der Waals surface area contributed by atoms with E-state index in [2.05, 4.69) is 10.3 Å². The van der Waals surface area contributed by atoms with Crippen LogP contribution in [0.1, 0.15) is 23.7 Å². The number of benzene rings is 1. The monoisotopic (exact) mass is 274 g/mol. The van der Waals surface area contributed by atoms with E-state index in [0.717, 1.165) is 6.42 Å². The molecule has 0 aliphatic rings. The number of ether oxygens (including phenoxy) is 1. The summed E-state index contributed by atoms with van der Waals surface area (Å²) in [5, 5.41) is 2.65. The molecule has 0 saturated carbocycles. The van der Waals surface area contributed by atoms with Gasteiger partial charge in [-0.2, -0.15) is 4.39 Å². The van der Waals surface area contributed by atoms with Crippen molar-refractivity contribution in [2.45, 2.75) is 13.3 Å². The number of rotatable bonds is 5. The first-order chi connectivity index (χ1) is 9.69. The fraction of sp³-hybridized carbons (Fsp3) is 0.200. The fourth-order valence-corrected chi connectivity index (χ4v) is 1.60. The highest BCUT2D eigenvalue weighted by atomic mass is 19.1. The number of amides is 1. The van der Waals surface area contributed by atoms with Crippen LogP contribution in [0.3, 0.4) is 0 Å². The second-order valence-electron chi connectivity index (χ2n) is 4.20. The minimum Gasteiger partial charge on any atom is -0.494 e. The van der Waals surface area contributed by atoms with E-state index in [1.807, 2.05) is 6.92 Å². The number of hydrogen-bond acceptors (Lipinski definition) is 3. The molecule has 0 spiro atoms. The molecule has 0 radical (unpaired) electrons. The highest BCUT2D eigenvalue weighted by Gasteiger charge is 2.07. The fourth-order valence-electron chi connectivity index (χ4n) is 1.60. The van der Waals surface area contributed by atoms with Crippen LogP contribution in [0.25, 0.3) is 0 Å². The summed E-state index contributed by atoms with van der Waals surface area (Å²) in [7, 11) is 0. The molecule has 1 aromatic heterocycles.